The highest BCUT2D eigenvalue weighted by Crippen LogP contribution is 2.21. The minimum absolute atomic E-state index is 0.205. The van der Waals surface area contributed by atoms with E-state index in [1.807, 2.05) is 13.0 Å². The molecule has 1 saturated heterocycles. The van der Waals surface area contributed by atoms with Gasteiger partial charge in [-0.1, -0.05) is 12.1 Å². The average molecular weight is 241 g/mol. The topological polar surface area (TPSA) is 57.6 Å². The van der Waals surface area contributed by atoms with E-state index in [2.05, 4.69) is 0 Å². The van der Waals surface area contributed by atoms with Gasteiger partial charge >= 0.3 is 0 Å². The van der Waals surface area contributed by atoms with Crippen LogP contribution >= 0.6 is 0 Å². The molecule has 1 atom stereocenters. The van der Waals surface area contributed by atoms with Crippen molar-refractivity contribution in [1.82, 2.24) is 4.31 Å². The maximum absolute atomic E-state index is 12.1. The molecule has 0 radical (unpaired) electrons. The lowest BCUT2D eigenvalue weighted by Crippen LogP contribution is -2.29. The van der Waals surface area contributed by atoms with Gasteiger partial charge in [0.15, 0.2) is 0 Å². The summed E-state index contributed by atoms with van der Waals surface area (Å²) in [5.41, 5.74) is 0.917. The summed E-state index contributed by atoms with van der Waals surface area (Å²) in [5.74, 6) is 0. The van der Waals surface area contributed by atoms with Gasteiger partial charge in [-0.05, 0) is 31.0 Å². The first-order chi connectivity index (χ1) is 7.50. The maximum atomic E-state index is 12.1. The first-order valence-corrected chi connectivity index (χ1v) is 6.69. The van der Waals surface area contributed by atoms with Gasteiger partial charge in [-0.3, -0.25) is 0 Å². The van der Waals surface area contributed by atoms with E-state index in [-0.39, 0.29) is 6.54 Å². The molecule has 16 heavy (non-hydrogen) atoms. The van der Waals surface area contributed by atoms with Gasteiger partial charge in [0.2, 0.25) is 10.0 Å². The standard InChI is InChI=1S/C11H15NO3S/c1-9-3-2-4-11(7-9)16(14,15)12-6-5-10(13)8-12/h2-4,7,10,13H,5-6,8H2,1H3/t10-/m0/s1. The number of hydrogen-bond acceptors (Lipinski definition) is 3. The van der Waals surface area contributed by atoms with Crippen LogP contribution in [0.1, 0.15) is 12.0 Å². The largest absolute Gasteiger partial charge is 0.392 e. The van der Waals surface area contributed by atoms with E-state index in [1.165, 1.54) is 4.31 Å². The van der Waals surface area contributed by atoms with Gasteiger partial charge < -0.3 is 5.11 Å². The van der Waals surface area contributed by atoms with Crippen LogP contribution < -0.4 is 0 Å². The molecule has 0 aromatic heterocycles. The highest BCUT2D eigenvalue weighted by atomic mass is 32.2. The third-order valence-electron chi connectivity index (χ3n) is 2.75. The molecule has 0 aliphatic carbocycles. The van der Waals surface area contributed by atoms with E-state index in [9.17, 15) is 13.5 Å². The van der Waals surface area contributed by atoms with E-state index < -0.39 is 16.1 Å². The zero-order chi connectivity index (χ0) is 11.8. The third-order valence-corrected chi connectivity index (χ3v) is 4.61. The predicted octanol–water partition coefficient (Wildman–Crippen LogP) is 0.750. The number of rotatable bonds is 2. The molecule has 0 bridgehead atoms. The van der Waals surface area contributed by atoms with Crippen LogP contribution in [0, 0.1) is 6.92 Å². The fourth-order valence-electron chi connectivity index (χ4n) is 1.85. The number of aliphatic hydroxyl groups is 1. The van der Waals surface area contributed by atoms with Crippen molar-refractivity contribution in [3.8, 4) is 0 Å². The fourth-order valence-corrected chi connectivity index (χ4v) is 3.45. The minimum Gasteiger partial charge on any atom is -0.392 e. The number of aryl methyl sites for hydroxylation is 1. The molecular weight excluding hydrogens is 226 g/mol. The number of sulfonamides is 1. The zero-order valence-corrected chi connectivity index (χ0v) is 9.94. The van der Waals surface area contributed by atoms with Crippen LogP contribution in [0.15, 0.2) is 29.2 Å². The molecule has 0 unspecified atom stereocenters. The molecule has 0 amide bonds. The Morgan fingerprint density at radius 3 is 2.75 bits per heavy atom. The second kappa shape index (κ2) is 4.16. The molecule has 1 aromatic rings. The lowest BCUT2D eigenvalue weighted by Gasteiger charge is -2.15. The van der Waals surface area contributed by atoms with Crippen molar-refractivity contribution < 1.29 is 13.5 Å². The third kappa shape index (κ3) is 2.11. The van der Waals surface area contributed by atoms with Crippen molar-refractivity contribution in [2.24, 2.45) is 0 Å². The van der Waals surface area contributed by atoms with Crippen LogP contribution in [0.2, 0.25) is 0 Å². The Hall–Kier alpha value is -0.910. The smallest absolute Gasteiger partial charge is 0.243 e. The van der Waals surface area contributed by atoms with Crippen molar-refractivity contribution in [2.45, 2.75) is 24.3 Å². The molecule has 2 rings (SSSR count). The van der Waals surface area contributed by atoms with E-state index in [0.29, 0.717) is 17.9 Å². The van der Waals surface area contributed by atoms with Crippen LogP contribution in [0.3, 0.4) is 0 Å². The molecule has 4 nitrogen and oxygen atoms in total. The predicted molar refractivity (Wildman–Crippen MR) is 60.6 cm³/mol. The van der Waals surface area contributed by atoms with Gasteiger partial charge in [-0.2, -0.15) is 4.31 Å². The summed E-state index contributed by atoms with van der Waals surface area (Å²) in [6, 6.07) is 6.83. The average Bonchev–Trinajstić information content (AvgIpc) is 2.65. The molecule has 1 aromatic carbocycles. The number of β-amino-alcohol motifs (C(OH)–C–C–N with tert-alkyl or cyclic N) is 1. The highest BCUT2D eigenvalue weighted by molar-refractivity contribution is 7.89. The number of aliphatic hydroxyl groups excluding tert-OH is 1. The van der Waals surface area contributed by atoms with Crippen LogP contribution in [0.5, 0.6) is 0 Å². The molecule has 0 saturated carbocycles. The van der Waals surface area contributed by atoms with Crippen LogP contribution in [-0.2, 0) is 10.0 Å². The van der Waals surface area contributed by atoms with Crippen LogP contribution in [-0.4, -0.2) is 37.0 Å². The molecule has 1 fully saturated rings. The van der Waals surface area contributed by atoms with E-state index in [0.717, 1.165) is 5.56 Å². The molecule has 5 heteroatoms. The quantitative estimate of drug-likeness (QED) is 0.831. The summed E-state index contributed by atoms with van der Waals surface area (Å²) in [4.78, 5) is 0.307. The Balaban J connectivity index is 2.32. The van der Waals surface area contributed by atoms with E-state index in [1.54, 1.807) is 18.2 Å². The molecule has 1 aliphatic heterocycles. The monoisotopic (exact) mass is 241 g/mol. The van der Waals surface area contributed by atoms with Gasteiger partial charge in [-0.25, -0.2) is 8.42 Å². The van der Waals surface area contributed by atoms with Crippen molar-refractivity contribution in [1.29, 1.82) is 0 Å². The van der Waals surface area contributed by atoms with Crippen molar-refractivity contribution in [3.63, 3.8) is 0 Å². The Morgan fingerprint density at radius 1 is 1.44 bits per heavy atom. The number of hydrogen-bond donors (Lipinski definition) is 1. The zero-order valence-electron chi connectivity index (χ0n) is 9.13. The Labute approximate surface area is 95.6 Å². The van der Waals surface area contributed by atoms with E-state index >= 15 is 0 Å². The van der Waals surface area contributed by atoms with Crippen molar-refractivity contribution in [2.75, 3.05) is 13.1 Å². The van der Waals surface area contributed by atoms with Gasteiger partial charge in [-0.15, -0.1) is 0 Å². The molecule has 1 aliphatic rings. The lowest BCUT2D eigenvalue weighted by molar-refractivity contribution is 0.189. The summed E-state index contributed by atoms with van der Waals surface area (Å²) in [6.45, 7) is 2.46. The summed E-state index contributed by atoms with van der Waals surface area (Å²) in [5, 5.41) is 9.36. The summed E-state index contributed by atoms with van der Waals surface area (Å²) < 4.78 is 25.6. The van der Waals surface area contributed by atoms with Crippen molar-refractivity contribution >= 4 is 10.0 Å². The Morgan fingerprint density at radius 2 is 2.19 bits per heavy atom. The van der Waals surface area contributed by atoms with Crippen LogP contribution in [0.4, 0.5) is 0 Å². The van der Waals surface area contributed by atoms with Gasteiger partial charge in [0.1, 0.15) is 0 Å². The van der Waals surface area contributed by atoms with Crippen molar-refractivity contribution in [3.05, 3.63) is 29.8 Å². The minimum atomic E-state index is -3.42. The summed E-state index contributed by atoms with van der Waals surface area (Å²) in [6.07, 6.45) is -0.00927. The Kier molecular flexibility index (Phi) is 3.01. The molecule has 0 spiro atoms. The second-order valence-electron chi connectivity index (χ2n) is 4.12. The Bertz CT molecular complexity index is 484. The fraction of sp³-hybridized carbons (Fsp3) is 0.455. The highest BCUT2D eigenvalue weighted by Gasteiger charge is 2.31. The van der Waals surface area contributed by atoms with Gasteiger partial charge in [0.05, 0.1) is 11.0 Å². The normalized spacial score (nSPS) is 22.5. The molecular formula is C11H15NO3S. The van der Waals surface area contributed by atoms with Gasteiger partial charge in [0.25, 0.3) is 0 Å². The first-order valence-electron chi connectivity index (χ1n) is 5.25. The van der Waals surface area contributed by atoms with Gasteiger partial charge in [0, 0.05) is 13.1 Å². The lowest BCUT2D eigenvalue weighted by atomic mass is 10.2. The maximum Gasteiger partial charge on any atom is 0.243 e. The van der Waals surface area contributed by atoms with Crippen LogP contribution in [0.25, 0.3) is 0 Å². The molecule has 1 heterocycles. The number of benzene rings is 1. The first kappa shape index (κ1) is 11.6. The number of nitrogens with zero attached hydrogens (tertiary/aromatic N) is 1. The summed E-state index contributed by atoms with van der Waals surface area (Å²) in [7, 11) is -3.42. The summed E-state index contributed by atoms with van der Waals surface area (Å²) >= 11 is 0. The van der Waals surface area contributed by atoms with E-state index in [4.69, 9.17) is 0 Å². The SMILES string of the molecule is Cc1cccc(S(=O)(=O)N2CC[C@H](O)C2)c1. The second-order valence-corrected chi connectivity index (χ2v) is 6.06. The molecule has 1 N–H and O–H groups in total. The molecule has 88 valence electrons.